The standard InChI is InChI=1S/C15H23ClN2S/c1-9(2)14-17-13(16)11(4)15(18-14)19-12-7-5-6-10(3)8-12/h9-10,12H,5-8H2,1-4H3. The molecule has 0 amide bonds. The van der Waals surface area contributed by atoms with Crippen molar-refractivity contribution in [2.75, 3.05) is 0 Å². The molecular formula is C15H23ClN2S. The molecular weight excluding hydrogens is 276 g/mol. The molecule has 1 aliphatic carbocycles. The van der Waals surface area contributed by atoms with Crippen LogP contribution in [0.25, 0.3) is 0 Å². The first-order valence-electron chi connectivity index (χ1n) is 7.18. The molecule has 0 radical (unpaired) electrons. The molecule has 0 saturated heterocycles. The monoisotopic (exact) mass is 298 g/mol. The van der Waals surface area contributed by atoms with E-state index in [9.17, 15) is 0 Å². The third-order valence-electron chi connectivity index (χ3n) is 3.74. The SMILES string of the molecule is Cc1c(Cl)nc(C(C)C)nc1SC1CCCC(C)C1. The Morgan fingerprint density at radius 2 is 2.00 bits per heavy atom. The predicted octanol–water partition coefficient (Wildman–Crippen LogP) is 5.23. The lowest BCUT2D eigenvalue weighted by Gasteiger charge is -2.26. The van der Waals surface area contributed by atoms with Crippen molar-refractivity contribution in [3.63, 3.8) is 0 Å². The Morgan fingerprint density at radius 1 is 1.26 bits per heavy atom. The molecule has 1 aromatic heterocycles. The largest absolute Gasteiger partial charge is 0.226 e. The van der Waals surface area contributed by atoms with Gasteiger partial charge < -0.3 is 0 Å². The van der Waals surface area contributed by atoms with Gasteiger partial charge in [-0.15, -0.1) is 11.8 Å². The molecule has 2 atom stereocenters. The summed E-state index contributed by atoms with van der Waals surface area (Å²) in [6, 6.07) is 0. The van der Waals surface area contributed by atoms with Crippen molar-refractivity contribution in [3.8, 4) is 0 Å². The lowest BCUT2D eigenvalue weighted by atomic mass is 9.91. The van der Waals surface area contributed by atoms with Crippen LogP contribution in [0.2, 0.25) is 5.15 Å². The maximum Gasteiger partial charge on any atom is 0.136 e. The van der Waals surface area contributed by atoms with E-state index in [2.05, 4.69) is 25.8 Å². The summed E-state index contributed by atoms with van der Waals surface area (Å²) in [5, 5.41) is 2.39. The van der Waals surface area contributed by atoms with Crippen LogP contribution in [0.1, 0.15) is 63.8 Å². The fourth-order valence-electron chi connectivity index (χ4n) is 2.50. The van der Waals surface area contributed by atoms with E-state index in [1.54, 1.807) is 0 Å². The van der Waals surface area contributed by atoms with Crippen LogP contribution in [-0.4, -0.2) is 15.2 Å². The second-order valence-electron chi connectivity index (χ2n) is 5.97. The normalized spacial score (nSPS) is 23.9. The fourth-order valence-corrected chi connectivity index (χ4v) is 4.18. The molecule has 0 aromatic carbocycles. The number of rotatable bonds is 3. The van der Waals surface area contributed by atoms with E-state index in [1.165, 1.54) is 25.7 Å². The van der Waals surface area contributed by atoms with E-state index in [4.69, 9.17) is 16.6 Å². The molecule has 4 heteroatoms. The van der Waals surface area contributed by atoms with Crippen molar-refractivity contribution in [3.05, 3.63) is 16.5 Å². The highest BCUT2D eigenvalue weighted by Gasteiger charge is 2.22. The van der Waals surface area contributed by atoms with Crippen molar-refractivity contribution >= 4 is 23.4 Å². The molecule has 1 fully saturated rings. The van der Waals surface area contributed by atoms with Gasteiger partial charge in [-0.25, -0.2) is 9.97 Å². The third-order valence-corrected chi connectivity index (χ3v) is 5.49. The van der Waals surface area contributed by atoms with Gasteiger partial charge in [-0.1, -0.05) is 45.2 Å². The fraction of sp³-hybridized carbons (Fsp3) is 0.733. The van der Waals surface area contributed by atoms with E-state index in [-0.39, 0.29) is 0 Å². The van der Waals surface area contributed by atoms with Gasteiger partial charge in [-0.2, -0.15) is 0 Å². The van der Waals surface area contributed by atoms with Crippen LogP contribution in [-0.2, 0) is 0 Å². The van der Waals surface area contributed by atoms with E-state index in [0.29, 0.717) is 16.3 Å². The maximum absolute atomic E-state index is 6.24. The smallest absolute Gasteiger partial charge is 0.136 e. The Morgan fingerprint density at radius 3 is 2.63 bits per heavy atom. The number of hydrogen-bond donors (Lipinski definition) is 0. The molecule has 0 spiro atoms. The Labute approximate surface area is 125 Å². The Kier molecular flexibility index (Phi) is 5.13. The summed E-state index contributed by atoms with van der Waals surface area (Å²) < 4.78 is 0. The maximum atomic E-state index is 6.24. The zero-order chi connectivity index (χ0) is 14.0. The Balaban J connectivity index is 2.19. The number of halogens is 1. The lowest BCUT2D eigenvalue weighted by molar-refractivity contribution is 0.394. The van der Waals surface area contributed by atoms with Gasteiger partial charge in [0.15, 0.2) is 0 Å². The number of nitrogens with zero attached hydrogens (tertiary/aromatic N) is 2. The average Bonchev–Trinajstić information content (AvgIpc) is 2.34. The van der Waals surface area contributed by atoms with Crippen LogP contribution in [0, 0.1) is 12.8 Å². The van der Waals surface area contributed by atoms with E-state index >= 15 is 0 Å². The summed E-state index contributed by atoms with van der Waals surface area (Å²) in [6.45, 7) is 8.60. The highest BCUT2D eigenvalue weighted by molar-refractivity contribution is 7.99. The van der Waals surface area contributed by atoms with Gasteiger partial charge in [0.1, 0.15) is 16.0 Å². The van der Waals surface area contributed by atoms with E-state index < -0.39 is 0 Å². The van der Waals surface area contributed by atoms with Crippen molar-refractivity contribution in [2.24, 2.45) is 5.92 Å². The van der Waals surface area contributed by atoms with Gasteiger partial charge in [0.05, 0.1) is 0 Å². The summed E-state index contributed by atoms with van der Waals surface area (Å²) in [5.74, 6) is 2.03. The second-order valence-corrected chi connectivity index (χ2v) is 7.62. The van der Waals surface area contributed by atoms with Gasteiger partial charge >= 0.3 is 0 Å². The minimum absolute atomic E-state index is 0.322. The Hall–Kier alpha value is -0.280. The first-order valence-corrected chi connectivity index (χ1v) is 8.43. The topological polar surface area (TPSA) is 25.8 Å². The van der Waals surface area contributed by atoms with Crippen molar-refractivity contribution < 1.29 is 0 Å². The number of hydrogen-bond acceptors (Lipinski definition) is 3. The molecule has 0 N–H and O–H groups in total. The third kappa shape index (κ3) is 3.85. The van der Waals surface area contributed by atoms with Gasteiger partial charge in [-0.3, -0.25) is 0 Å². The van der Waals surface area contributed by atoms with Crippen LogP contribution < -0.4 is 0 Å². The van der Waals surface area contributed by atoms with Gasteiger partial charge in [-0.05, 0) is 25.7 Å². The Bertz CT molecular complexity index is 448. The highest BCUT2D eigenvalue weighted by Crippen LogP contribution is 2.37. The lowest BCUT2D eigenvalue weighted by Crippen LogP contribution is -2.15. The molecule has 1 heterocycles. The zero-order valence-corrected chi connectivity index (χ0v) is 13.8. The van der Waals surface area contributed by atoms with Gasteiger partial charge in [0.2, 0.25) is 0 Å². The van der Waals surface area contributed by atoms with Gasteiger partial charge in [0.25, 0.3) is 0 Å². The van der Waals surface area contributed by atoms with Crippen molar-refractivity contribution in [1.29, 1.82) is 0 Å². The van der Waals surface area contributed by atoms with Crippen LogP contribution in [0.4, 0.5) is 0 Å². The molecule has 106 valence electrons. The molecule has 2 nitrogen and oxygen atoms in total. The quantitative estimate of drug-likeness (QED) is 0.714. The second kappa shape index (κ2) is 6.45. The molecule has 1 aliphatic rings. The van der Waals surface area contributed by atoms with Crippen molar-refractivity contribution in [1.82, 2.24) is 9.97 Å². The number of aromatic nitrogens is 2. The first-order chi connectivity index (χ1) is 8.97. The minimum atomic E-state index is 0.322. The summed E-state index contributed by atoms with van der Waals surface area (Å²) in [7, 11) is 0. The first kappa shape index (κ1) is 15.1. The van der Waals surface area contributed by atoms with Crippen molar-refractivity contribution in [2.45, 2.75) is 69.6 Å². The van der Waals surface area contributed by atoms with E-state index in [1.807, 2.05) is 18.7 Å². The average molecular weight is 299 g/mol. The van der Waals surface area contributed by atoms with E-state index in [0.717, 1.165) is 22.3 Å². The van der Waals surface area contributed by atoms with Crippen LogP contribution in [0.3, 0.4) is 0 Å². The summed E-state index contributed by atoms with van der Waals surface area (Å²) >= 11 is 8.15. The molecule has 1 saturated carbocycles. The molecule has 1 aromatic rings. The summed E-state index contributed by atoms with van der Waals surface area (Å²) in [4.78, 5) is 9.10. The zero-order valence-electron chi connectivity index (χ0n) is 12.2. The molecule has 2 unspecified atom stereocenters. The van der Waals surface area contributed by atoms with Gasteiger partial charge in [0, 0.05) is 16.7 Å². The summed E-state index contributed by atoms with van der Waals surface area (Å²) in [5.41, 5.74) is 1.04. The molecule has 0 aliphatic heterocycles. The van der Waals surface area contributed by atoms with Crippen LogP contribution in [0.5, 0.6) is 0 Å². The molecule has 2 rings (SSSR count). The molecule has 19 heavy (non-hydrogen) atoms. The molecule has 0 bridgehead atoms. The minimum Gasteiger partial charge on any atom is -0.226 e. The number of thioether (sulfide) groups is 1. The highest BCUT2D eigenvalue weighted by atomic mass is 35.5. The van der Waals surface area contributed by atoms with Crippen LogP contribution in [0.15, 0.2) is 5.03 Å². The van der Waals surface area contributed by atoms with Crippen LogP contribution >= 0.6 is 23.4 Å². The summed E-state index contributed by atoms with van der Waals surface area (Å²) in [6.07, 6.45) is 5.31. The predicted molar refractivity (Wildman–Crippen MR) is 83.1 cm³/mol.